The van der Waals surface area contributed by atoms with Crippen LogP contribution in [-0.2, 0) is 17.4 Å². The van der Waals surface area contributed by atoms with E-state index in [1.54, 1.807) is 0 Å². The van der Waals surface area contributed by atoms with Crippen LogP contribution in [0.25, 0.3) is 0 Å². The zero-order valence-electron chi connectivity index (χ0n) is 13.1. The Morgan fingerprint density at radius 2 is 1.44 bits per heavy atom. The van der Waals surface area contributed by atoms with Gasteiger partial charge < -0.3 is 29.6 Å². The molecule has 108 valence electrons. The standard InChI is InChI=1S/C5H10OS2.3C3H7.Sn/c1-2-3-4-6-5(7)8;3*1-3-2;/h2-4H2,1H3,(H,7,8);3*3H,1-2H3;/q;;;;+1/p-1. The summed E-state index contributed by atoms with van der Waals surface area (Å²) in [6.45, 7) is 17.2. The zero-order chi connectivity index (χ0) is 14.7. The van der Waals surface area contributed by atoms with Gasteiger partial charge in [0.05, 0.1) is 6.61 Å². The average molecular weight is 397 g/mol. The normalized spacial score (nSPS) is 10.3. The van der Waals surface area contributed by atoms with Crippen molar-refractivity contribution in [3.63, 3.8) is 0 Å². The number of thiocarbonyl (C=S) groups is 1. The Kier molecular flexibility index (Phi) is 15.2. The summed E-state index contributed by atoms with van der Waals surface area (Å²) in [6, 6.07) is 0. The van der Waals surface area contributed by atoms with Gasteiger partial charge in [0.1, 0.15) is 0 Å². The molecule has 0 aliphatic rings. The van der Waals surface area contributed by atoms with Gasteiger partial charge in [0.2, 0.25) is 0 Å². The molecule has 0 saturated carbocycles. The molecule has 0 aliphatic carbocycles. The molecule has 18 heavy (non-hydrogen) atoms. The second kappa shape index (κ2) is 12.9. The number of ether oxygens (including phenoxy) is 1. The number of unbranched alkanes of at least 4 members (excludes halogenated alkanes) is 1. The Morgan fingerprint density at radius 3 is 1.61 bits per heavy atom. The quantitative estimate of drug-likeness (QED) is 0.259. The van der Waals surface area contributed by atoms with Crippen LogP contribution in [0.2, 0.25) is 11.8 Å². The summed E-state index contributed by atoms with van der Waals surface area (Å²) >= 11 is 7.99. The summed E-state index contributed by atoms with van der Waals surface area (Å²) in [7, 11) is 0. The monoisotopic (exact) mass is 398 g/mol. The van der Waals surface area contributed by atoms with E-state index in [9.17, 15) is 0 Å². The summed E-state index contributed by atoms with van der Waals surface area (Å²) in [5.41, 5.74) is 0. The fourth-order valence-electron chi connectivity index (χ4n) is 2.30. The van der Waals surface area contributed by atoms with Crippen molar-refractivity contribution in [2.24, 2.45) is 0 Å². The average Bonchev–Trinajstić information content (AvgIpc) is 2.16. The van der Waals surface area contributed by atoms with Crippen molar-refractivity contribution in [3.05, 3.63) is 0 Å². The molecular weight excluding hydrogens is 367 g/mol. The molecule has 0 radical (unpaired) electrons. The van der Waals surface area contributed by atoms with Crippen molar-refractivity contribution >= 4 is 49.0 Å². The third-order valence-electron chi connectivity index (χ3n) is 2.72. The van der Waals surface area contributed by atoms with Gasteiger partial charge >= 0.3 is 73.1 Å². The molecule has 0 bridgehead atoms. The van der Waals surface area contributed by atoms with E-state index in [0.717, 1.165) is 24.6 Å². The summed E-state index contributed by atoms with van der Waals surface area (Å²) < 4.78 is 8.15. The van der Waals surface area contributed by atoms with E-state index < -0.39 is 19.8 Å². The van der Waals surface area contributed by atoms with E-state index in [0.29, 0.717) is 6.61 Å². The molecule has 0 unspecified atom stereocenters. The molecule has 0 amide bonds. The topological polar surface area (TPSA) is 9.23 Å². The second-order valence-electron chi connectivity index (χ2n) is 5.42. The molecule has 4 heteroatoms. The molecule has 0 atom stereocenters. The predicted molar refractivity (Wildman–Crippen MR) is 91.9 cm³/mol. The van der Waals surface area contributed by atoms with Gasteiger partial charge in [-0.15, -0.1) is 0 Å². The molecule has 0 N–H and O–H groups in total. The fraction of sp³-hybridized carbons (Fsp3) is 0.929. The predicted octanol–water partition coefficient (Wildman–Crippen LogP) is 5.35. The molecule has 0 rings (SSSR count). The van der Waals surface area contributed by atoms with Crippen LogP contribution < -0.4 is 0 Å². The van der Waals surface area contributed by atoms with E-state index in [1.807, 2.05) is 0 Å². The first kappa shape index (κ1) is 21.2. The molecule has 0 aromatic rings. The van der Waals surface area contributed by atoms with Gasteiger partial charge in [-0.2, -0.15) is 0 Å². The number of hydrogen-bond donors (Lipinski definition) is 0. The van der Waals surface area contributed by atoms with Crippen LogP contribution >= 0.6 is 12.2 Å². The van der Waals surface area contributed by atoms with E-state index in [4.69, 9.17) is 4.74 Å². The first-order valence-electron chi connectivity index (χ1n) is 6.94. The maximum absolute atomic E-state index is 4.83. The molecule has 0 fully saturated rings. The van der Waals surface area contributed by atoms with Gasteiger partial charge in [0.15, 0.2) is 0 Å². The summed E-state index contributed by atoms with van der Waals surface area (Å²) in [4.78, 5) is 0. The van der Waals surface area contributed by atoms with Crippen molar-refractivity contribution in [2.75, 3.05) is 6.61 Å². The van der Waals surface area contributed by atoms with Crippen LogP contribution in [0.15, 0.2) is 0 Å². The van der Waals surface area contributed by atoms with Gasteiger partial charge in [-0.1, -0.05) is 13.3 Å². The van der Waals surface area contributed by atoms with Gasteiger partial charge in [-0.25, -0.2) is 0 Å². The van der Waals surface area contributed by atoms with Crippen LogP contribution in [-0.4, -0.2) is 30.7 Å². The van der Waals surface area contributed by atoms with Crippen molar-refractivity contribution in [3.8, 4) is 0 Å². The van der Waals surface area contributed by atoms with E-state index in [1.165, 1.54) is 0 Å². The Bertz CT molecular complexity index is 187. The van der Waals surface area contributed by atoms with Gasteiger partial charge in [-0.05, 0) is 6.42 Å². The summed E-state index contributed by atoms with van der Waals surface area (Å²) in [5, 5.41) is 0. The maximum atomic E-state index is 4.83. The molecule has 0 saturated heterocycles. The first-order chi connectivity index (χ1) is 8.23. The number of rotatable bonds is 6. The van der Waals surface area contributed by atoms with Crippen LogP contribution in [0, 0.1) is 0 Å². The van der Waals surface area contributed by atoms with Gasteiger partial charge in [0.25, 0.3) is 0 Å². The molecule has 0 spiro atoms. The second-order valence-corrected chi connectivity index (χ2v) is 19.2. The molecular formula is C14H30OS2Sn. The van der Waals surface area contributed by atoms with E-state index >= 15 is 0 Å². The Hall–Kier alpha value is 0.909. The minimum atomic E-state index is -1.01. The summed E-state index contributed by atoms with van der Waals surface area (Å²) in [6.07, 6.45) is 2.16. The van der Waals surface area contributed by atoms with Crippen molar-refractivity contribution in [2.45, 2.75) is 73.1 Å². The molecule has 0 aromatic heterocycles. The van der Waals surface area contributed by atoms with Crippen molar-refractivity contribution < 1.29 is 4.74 Å². The SMILES string of the molecule is CCCCOC(=S)[S-].C[CH](C)[Sn+]([CH](C)C)[CH](C)C. The van der Waals surface area contributed by atoms with Crippen LogP contribution in [0.3, 0.4) is 0 Å². The Morgan fingerprint density at radius 1 is 1.06 bits per heavy atom. The molecule has 0 aromatic carbocycles. The third kappa shape index (κ3) is 13.3. The van der Waals surface area contributed by atoms with Gasteiger partial charge in [-0.3, -0.25) is 0 Å². The zero-order valence-corrected chi connectivity index (χ0v) is 17.6. The van der Waals surface area contributed by atoms with E-state index in [2.05, 4.69) is 73.3 Å². The van der Waals surface area contributed by atoms with Gasteiger partial charge in [0, 0.05) is 4.38 Å². The molecule has 1 nitrogen and oxygen atoms in total. The molecule has 0 heterocycles. The Labute approximate surface area is 133 Å². The van der Waals surface area contributed by atoms with Crippen LogP contribution in [0.5, 0.6) is 0 Å². The minimum absolute atomic E-state index is 0.235. The fourth-order valence-corrected chi connectivity index (χ4v) is 13.9. The van der Waals surface area contributed by atoms with Crippen LogP contribution in [0.4, 0.5) is 0 Å². The summed E-state index contributed by atoms with van der Waals surface area (Å²) in [5.74, 6) is 0. The van der Waals surface area contributed by atoms with Crippen LogP contribution in [0.1, 0.15) is 61.3 Å². The third-order valence-corrected chi connectivity index (χ3v) is 14.4. The number of hydrogen-bond acceptors (Lipinski definition) is 3. The van der Waals surface area contributed by atoms with E-state index in [-0.39, 0.29) is 4.38 Å². The Balaban J connectivity index is 0. The van der Waals surface area contributed by atoms with Crippen molar-refractivity contribution in [1.82, 2.24) is 0 Å². The first-order valence-corrected chi connectivity index (χ1v) is 12.7. The van der Waals surface area contributed by atoms with Crippen molar-refractivity contribution in [1.29, 1.82) is 0 Å². The molecule has 0 aliphatic heterocycles.